The minimum Gasteiger partial charge on any atom is -0.490 e. The largest absolute Gasteiger partial charge is 0.490 e. The van der Waals surface area contributed by atoms with E-state index in [1.165, 1.54) is 10.8 Å². The SMILES string of the molecule is CCOc1cc(/C=N/Nc2ccc(Cl)cc2)ccc1OCCn1c([N+](=O)[O-])cnc1C. The van der Waals surface area contributed by atoms with Crippen molar-refractivity contribution in [2.75, 3.05) is 18.6 Å². The van der Waals surface area contributed by atoms with Crippen LogP contribution in [0.1, 0.15) is 18.3 Å². The van der Waals surface area contributed by atoms with E-state index in [9.17, 15) is 10.1 Å². The maximum atomic E-state index is 11.1. The molecule has 0 saturated carbocycles. The fourth-order valence-corrected chi connectivity index (χ4v) is 2.95. The van der Waals surface area contributed by atoms with Crippen molar-refractivity contribution in [2.24, 2.45) is 5.10 Å². The van der Waals surface area contributed by atoms with Crippen LogP contribution in [0.25, 0.3) is 0 Å². The number of ether oxygens (including phenoxy) is 2. The molecule has 0 bridgehead atoms. The minimum absolute atomic E-state index is 0.0640. The maximum Gasteiger partial charge on any atom is 0.342 e. The molecular weight excluding hydrogens is 422 g/mol. The number of hydrazone groups is 1. The van der Waals surface area contributed by atoms with E-state index in [1.54, 1.807) is 31.3 Å². The summed E-state index contributed by atoms with van der Waals surface area (Å²) in [6.07, 6.45) is 2.91. The average Bonchev–Trinajstić information content (AvgIpc) is 3.12. The topological polar surface area (TPSA) is 104 Å². The van der Waals surface area contributed by atoms with Crippen molar-refractivity contribution in [3.05, 3.63) is 75.2 Å². The molecule has 0 aliphatic rings. The zero-order valence-electron chi connectivity index (χ0n) is 17.1. The molecule has 0 fully saturated rings. The van der Waals surface area contributed by atoms with Crippen molar-refractivity contribution < 1.29 is 14.4 Å². The number of imidazole rings is 1. The molecule has 0 spiro atoms. The molecule has 162 valence electrons. The predicted octanol–water partition coefficient (Wildman–Crippen LogP) is 4.68. The smallest absolute Gasteiger partial charge is 0.342 e. The summed E-state index contributed by atoms with van der Waals surface area (Å²) in [4.78, 5) is 14.6. The molecule has 31 heavy (non-hydrogen) atoms. The molecule has 3 aromatic rings. The zero-order chi connectivity index (χ0) is 22.2. The van der Waals surface area contributed by atoms with Crippen molar-refractivity contribution in [3.8, 4) is 11.5 Å². The summed E-state index contributed by atoms with van der Waals surface area (Å²) in [6, 6.07) is 12.6. The first kappa shape index (κ1) is 22.1. The van der Waals surface area contributed by atoms with Gasteiger partial charge >= 0.3 is 5.82 Å². The number of aryl methyl sites for hydroxylation is 1. The van der Waals surface area contributed by atoms with Crippen molar-refractivity contribution in [3.63, 3.8) is 0 Å². The van der Waals surface area contributed by atoms with Gasteiger partial charge in [-0.05, 0) is 59.9 Å². The van der Waals surface area contributed by atoms with Crippen molar-refractivity contribution in [2.45, 2.75) is 20.4 Å². The van der Waals surface area contributed by atoms with E-state index in [4.69, 9.17) is 21.1 Å². The van der Waals surface area contributed by atoms with Crippen molar-refractivity contribution >= 4 is 29.3 Å². The Kier molecular flexibility index (Phi) is 7.45. The fourth-order valence-electron chi connectivity index (χ4n) is 2.82. The molecule has 1 aromatic heterocycles. The normalized spacial score (nSPS) is 10.9. The Morgan fingerprint density at radius 2 is 2.00 bits per heavy atom. The molecule has 9 nitrogen and oxygen atoms in total. The summed E-state index contributed by atoms with van der Waals surface area (Å²) in [5, 5.41) is 16.0. The first-order chi connectivity index (χ1) is 15.0. The standard InChI is InChI=1S/C21H22ClN5O4/c1-3-30-20-12-16(13-24-25-18-7-5-17(22)6-8-18)4-9-19(20)31-11-10-26-15(2)23-14-21(26)27(28)29/h4-9,12-14,25H,3,10-11H2,1-2H3/b24-13+. The van der Waals surface area contributed by atoms with E-state index < -0.39 is 4.92 Å². The highest BCUT2D eigenvalue weighted by atomic mass is 35.5. The lowest BCUT2D eigenvalue weighted by molar-refractivity contribution is -0.392. The number of nitro groups is 1. The summed E-state index contributed by atoms with van der Waals surface area (Å²) in [5.74, 6) is 1.60. The van der Waals surface area contributed by atoms with Crippen LogP contribution in [0.3, 0.4) is 0 Å². The van der Waals surface area contributed by atoms with E-state index in [1.807, 2.05) is 31.2 Å². The molecule has 10 heteroatoms. The lowest BCUT2D eigenvalue weighted by Crippen LogP contribution is -2.12. The van der Waals surface area contributed by atoms with E-state index in [0.717, 1.165) is 11.3 Å². The van der Waals surface area contributed by atoms with Crippen LogP contribution >= 0.6 is 11.6 Å². The Labute approximate surface area is 184 Å². The monoisotopic (exact) mass is 443 g/mol. The van der Waals surface area contributed by atoms with Crippen LogP contribution in [0.2, 0.25) is 5.02 Å². The minimum atomic E-state index is -0.460. The van der Waals surface area contributed by atoms with Crippen molar-refractivity contribution in [1.29, 1.82) is 0 Å². The van der Waals surface area contributed by atoms with Gasteiger partial charge in [0.05, 0.1) is 18.5 Å². The third-order valence-corrected chi connectivity index (χ3v) is 4.56. The summed E-state index contributed by atoms with van der Waals surface area (Å²) in [6.45, 7) is 4.58. The number of nitrogens with zero attached hydrogens (tertiary/aromatic N) is 4. The number of hydrogen-bond donors (Lipinski definition) is 1. The Balaban J connectivity index is 1.64. The molecule has 2 aromatic carbocycles. The van der Waals surface area contributed by atoms with E-state index in [2.05, 4.69) is 15.5 Å². The van der Waals surface area contributed by atoms with Crippen LogP contribution in [0.5, 0.6) is 11.5 Å². The maximum absolute atomic E-state index is 11.1. The third kappa shape index (κ3) is 5.95. The molecule has 0 aliphatic heterocycles. The fraction of sp³-hybridized carbons (Fsp3) is 0.238. The molecule has 3 rings (SSSR count). The zero-order valence-corrected chi connectivity index (χ0v) is 17.9. The van der Waals surface area contributed by atoms with Gasteiger partial charge < -0.3 is 19.6 Å². The van der Waals surface area contributed by atoms with Gasteiger partial charge in [-0.25, -0.2) is 9.55 Å². The molecule has 1 N–H and O–H groups in total. The van der Waals surface area contributed by atoms with Gasteiger partial charge in [-0.15, -0.1) is 0 Å². The number of benzene rings is 2. The Morgan fingerprint density at radius 1 is 1.23 bits per heavy atom. The van der Waals surface area contributed by atoms with Crippen LogP contribution < -0.4 is 14.9 Å². The Hall–Kier alpha value is -3.59. The first-order valence-corrected chi connectivity index (χ1v) is 9.96. The second kappa shape index (κ2) is 10.4. The Bertz CT molecular complexity index is 1070. The quantitative estimate of drug-likeness (QED) is 0.277. The van der Waals surface area contributed by atoms with Crippen LogP contribution in [0, 0.1) is 17.0 Å². The third-order valence-electron chi connectivity index (χ3n) is 4.31. The lowest BCUT2D eigenvalue weighted by atomic mass is 10.2. The van der Waals surface area contributed by atoms with Gasteiger partial charge in [-0.1, -0.05) is 11.6 Å². The van der Waals surface area contributed by atoms with E-state index >= 15 is 0 Å². The predicted molar refractivity (Wildman–Crippen MR) is 119 cm³/mol. The number of aromatic nitrogens is 2. The second-order valence-electron chi connectivity index (χ2n) is 6.44. The van der Waals surface area contributed by atoms with E-state index in [0.29, 0.717) is 35.5 Å². The van der Waals surface area contributed by atoms with Gasteiger partial charge in [-0.2, -0.15) is 5.10 Å². The van der Waals surface area contributed by atoms with Crippen molar-refractivity contribution in [1.82, 2.24) is 9.55 Å². The molecule has 0 atom stereocenters. The summed E-state index contributed by atoms with van der Waals surface area (Å²) in [5.41, 5.74) is 4.56. The molecule has 0 radical (unpaired) electrons. The van der Waals surface area contributed by atoms with Crippen LogP contribution in [-0.2, 0) is 6.54 Å². The molecule has 0 saturated heterocycles. The van der Waals surface area contributed by atoms with Crippen LogP contribution in [0.15, 0.2) is 53.8 Å². The molecule has 0 unspecified atom stereocenters. The molecule has 1 heterocycles. The van der Waals surface area contributed by atoms with Gasteiger partial charge in [-0.3, -0.25) is 5.43 Å². The average molecular weight is 444 g/mol. The van der Waals surface area contributed by atoms with Gasteiger partial charge in [0.2, 0.25) is 0 Å². The van der Waals surface area contributed by atoms with Gasteiger partial charge in [0.25, 0.3) is 0 Å². The number of anilines is 1. The summed E-state index contributed by atoms with van der Waals surface area (Å²) in [7, 11) is 0. The van der Waals surface area contributed by atoms with Crippen LogP contribution in [0.4, 0.5) is 11.5 Å². The molecular formula is C21H22ClN5O4. The highest BCUT2D eigenvalue weighted by Crippen LogP contribution is 2.28. The summed E-state index contributed by atoms with van der Waals surface area (Å²) >= 11 is 5.87. The second-order valence-corrected chi connectivity index (χ2v) is 6.87. The number of rotatable bonds is 10. The van der Waals surface area contributed by atoms with Gasteiger partial charge in [0.1, 0.15) is 19.3 Å². The van der Waals surface area contributed by atoms with Gasteiger partial charge in [0, 0.05) is 11.9 Å². The number of nitrogens with one attached hydrogen (secondary N) is 1. The molecule has 0 aliphatic carbocycles. The highest BCUT2D eigenvalue weighted by Gasteiger charge is 2.17. The first-order valence-electron chi connectivity index (χ1n) is 9.58. The molecule has 0 amide bonds. The number of hydrogen-bond acceptors (Lipinski definition) is 7. The van der Waals surface area contributed by atoms with E-state index in [-0.39, 0.29) is 12.4 Å². The lowest BCUT2D eigenvalue weighted by Gasteiger charge is -2.12. The van der Waals surface area contributed by atoms with Gasteiger partial charge in [0.15, 0.2) is 17.3 Å². The number of halogens is 1. The van der Waals surface area contributed by atoms with Crippen LogP contribution in [-0.4, -0.2) is 33.9 Å². The summed E-state index contributed by atoms with van der Waals surface area (Å²) < 4.78 is 13.0. The highest BCUT2D eigenvalue weighted by molar-refractivity contribution is 6.30. The Morgan fingerprint density at radius 3 is 2.71 bits per heavy atom.